The Hall–Kier alpha value is -0.0400. The predicted molar refractivity (Wildman–Crippen MR) is 89.0 cm³/mol. The summed E-state index contributed by atoms with van der Waals surface area (Å²) in [6, 6.07) is 0. The van der Waals surface area contributed by atoms with Gasteiger partial charge in [-0.15, -0.1) is 0 Å². The van der Waals surface area contributed by atoms with Crippen molar-refractivity contribution in [3.05, 3.63) is 0 Å². The molecule has 0 aliphatic heterocycles. The fourth-order valence-electron chi connectivity index (χ4n) is 3.77. The molecule has 1 nitrogen and oxygen atoms in total. The van der Waals surface area contributed by atoms with Crippen molar-refractivity contribution in [1.29, 1.82) is 0 Å². The molecule has 1 aliphatic rings. The van der Waals surface area contributed by atoms with Crippen molar-refractivity contribution in [3.63, 3.8) is 0 Å². The van der Waals surface area contributed by atoms with Crippen LogP contribution in [0.1, 0.15) is 87.0 Å². The lowest BCUT2D eigenvalue weighted by atomic mass is 9.72. The molecule has 3 atom stereocenters. The van der Waals surface area contributed by atoms with Crippen LogP contribution in [0.2, 0.25) is 0 Å². The molecule has 0 amide bonds. The zero-order valence-corrected chi connectivity index (χ0v) is 15.1. The SMILES string of the molecule is CCCC(C)(COC1(C(C)C)CCCC(C)C1)C(C)C. The van der Waals surface area contributed by atoms with Crippen LogP contribution in [-0.2, 0) is 4.74 Å². The minimum atomic E-state index is 0.140. The van der Waals surface area contributed by atoms with Gasteiger partial charge in [0.2, 0.25) is 0 Å². The largest absolute Gasteiger partial charge is 0.374 e. The summed E-state index contributed by atoms with van der Waals surface area (Å²) in [5.41, 5.74) is 0.471. The van der Waals surface area contributed by atoms with E-state index in [4.69, 9.17) is 4.74 Å². The smallest absolute Gasteiger partial charge is 0.0708 e. The van der Waals surface area contributed by atoms with E-state index < -0.39 is 0 Å². The van der Waals surface area contributed by atoms with Crippen LogP contribution in [0.25, 0.3) is 0 Å². The first-order valence-corrected chi connectivity index (χ1v) is 8.89. The second-order valence-electron chi connectivity index (χ2n) is 8.27. The molecule has 0 radical (unpaired) electrons. The highest BCUT2D eigenvalue weighted by molar-refractivity contribution is 4.91. The average Bonchev–Trinajstić information content (AvgIpc) is 2.36. The van der Waals surface area contributed by atoms with Crippen LogP contribution in [0.5, 0.6) is 0 Å². The first kappa shape index (κ1) is 18.0. The van der Waals surface area contributed by atoms with Gasteiger partial charge in [-0.3, -0.25) is 0 Å². The quantitative estimate of drug-likeness (QED) is 0.550. The highest BCUT2D eigenvalue weighted by atomic mass is 16.5. The molecule has 1 heteroatoms. The van der Waals surface area contributed by atoms with Crippen molar-refractivity contribution in [1.82, 2.24) is 0 Å². The molecule has 0 saturated heterocycles. The molecule has 3 unspecified atom stereocenters. The standard InChI is InChI=1S/C19H38O/c1-8-11-18(7,15(2)3)14-20-19(16(4)5)12-9-10-17(6)13-19/h15-17H,8-14H2,1-7H3. The topological polar surface area (TPSA) is 9.23 Å². The molecule has 20 heavy (non-hydrogen) atoms. The highest BCUT2D eigenvalue weighted by Gasteiger charge is 2.41. The molecule has 120 valence electrons. The second-order valence-corrected chi connectivity index (χ2v) is 8.27. The molecular formula is C19H38O. The maximum atomic E-state index is 6.68. The number of hydrogen-bond donors (Lipinski definition) is 0. The first-order valence-electron chi connectivity index (χ1n) is 8.89. The minimum Gasteiger partial charge on any atom is -0.374 e. The summed E-state index contributed by atoms with van der Waals surface area (Å²) >= 11 is 0. The van der Waals surface area contributed by atoms with Gasteiger partial charge >= 0.3 is 0 Å². The minimum absolute atomic E-state index is 0.140. The van der Waals surface area contributed by atoms with Gasteiger partial charge in [0.25, 0.3) is 0 Å². The third-order valence-corrected chi connectivity index (χ3v) is 5.95. The molecule has 0 aromatic heterocycles. The maximum Gasteiger partial charge on any atom is 0.0708 e. The first-order chi connectivity index (χ1) is 9.26. The molecule has 0 aromatic rings. The van der Waals surface area contributed by atoms with Crippen LogP contribution >= 0.6 is 0 Å². The average molecular weight is 283 g/mol. The zero-order valence-electron chi connectivity index (χ0n) is 15.1. The van der Waals surface area contributed by atoms with Gasteiger partial charge in [-0.2, -0.15) is 0 Å². The Bertz CT molecular complexity index is 283. The molecule has 1 fully saturated rings. The lowest BCUT2D eigenvalue weighted by Crippen LogP contribution is -2.45. The fraction of sp³-hybridized carbons (Fsp3) is 1.00. The van der Waals surface area contributed by atoms with E-state index in [-0.39, 0.29) is 5.60 Å². The molecule has 0 aromatic carbocycles. The van der Waals surface area contributed by atoms with Crippen LogP contribution in [0, 0.1) is 23.2 Å². The third-order valence-electron chi connectivity index (χ3n) is 5.95. The fourth-order valence-corrected chi connectivity index (χ4v) is 3.77. The molecule has 0 spiro atoms. The van der Waals surface area contributed by atoms with E-state index >= 15 is 0 Å². The summed E-state index contributed by atoms with van der Waals surface area (Å²) in [5.74, 6) is 2.14. The van der Waals surface area contributed by atoms with Crippen LogP contribution in [0.15, 0.2) is 0 Å². The Labute approximate surface area is 127 Å². The molecule has 0 bridgehead atoms. The van der Waals surface area contributed by atoms with Crippen molar-refractivity contribution < 1.29 is 4.74 Å². The summed E-state index contributed by atoms with van der Waals surface area (Å²) in [6.07, 6.45) is 7.76. The van der Waals surface area contributed by atoms with Gasteiger partial charge in [0.15, 0.2) is 0 Å². The summed E-state index contributed by atoms with van der Waals surface area (Å²) in [5, 5.41) is 0. The lowest BCUT2D eigenvalue weighted by Gasteiger charge is -2.46. The normalized spacial score (nSPS) is 30.8. The third kappa shape index (κ3) is 4.23. The van der Waals surface area contributed by atoms with E-state index in [0.29, 0.717) is 17.3 Å². The number of hydrogen-bond acceptors (Lipinski definition) is 1. The van der Waals surface area contributed by atoms with Crippen LogP contribution in [-0.4, -0.2) is 12.2 Å². The van der Waals surface area contributed by atoms with Crippen molar-refractivity contribution in [2.24, 2.45) is 23.2 Å². The van der Waals surface area contributed by atoms with Crippen molar-refractivity contribution in [3.8, 4) is 0 Å². The highest BCUT2D eigenvalue weighted by Crippen LogP contribution is 2.43. The van der Waals surface area contributed by atoms with Gasteiger partial charge < -0.3 is 4.74 Å². The zero-order chi connectivity index (χ0) is 15.4. The van der Waals surface area contributed by atoms with Crippen LogP contribution in [0.3, 0.4) is 0 Å². The van der Waals surface area contributed by atoms with E-state index in [9.17, 15) is 0 Å². The summed E-state index contributed by atoms with van der Waals surface area (Å²) in [7, 11) is 0. The predicted octanol–water partition coefficient (Wildman–Crippen LogP) is 6.07. The molecular weight excluding hydrogens is 244 g/mol. The van der Waals surface area contributed by atoms with Gasteiger partial charge in [-0.25, -0.2) is 0 Å². The molecule has 1 rings (SSSR count). The van der Waals surface area contributed by atoms with E-state index in [1.165, 1.54) is 38.5 Å². The summed E-state index contributed by atoms with van der Waals surface area (Å²) in [4.78, 5) is 0. The molecule has 1 aliphatic carbocycles. The number of rotatable bonds is 7. The van der Waals surface area contributed by atoms with E-state index in [1.807, 2.05) is 0 Å². The van der Waals surface area contributed by atoms with E-state index in [1.54, 1.807) is 0 Å². The van der Waals surface area contributed by atoms with Crippen molar-refractivity contribution >= 4 is 0 Å². The summed E-state index contributed by atoms with van der Waals surface area (Å²) < 4.78 is 6.68. The Morgan fingerprint density at radius 3 is 2.35 bits per heavy atom. The van der Waals surface area contributed by atoms with Crippen molar-refractivity contribution in [2.75, 3.05) is 6.61 Å². The van der Waals surface area contributed by atoms with Crippen LogP contribution < -0.4 is 0 Å². The molecule has 1 saturated carbocycles. The Kier molecular flexibility index (Phi) is 6.57. The van der Waals surface area contributed by atoms with Gasteiger partial charge in [0.05, 0.1) is 12.2 Å². The van der Waals surface area contributed by atoms with E-state index in [2.05, 4.69) is 48.5 Å². The van der Waals surface area contributed by atoms with Gasteiger partial charge in [-0.1, -0.05) is 67.7 Å². The summed E-state index contributed by atoms with van der Waals surface area (Å²) in [6.45, 7) is 17.4. The van der Waals surface area contributed by atoms with Gasteiger partial charge in [-0.05, 0) is 42.4 Å². The maximum absolute atomic E-state index is 6.68. The molecule has 0 heterocycles. The lowest BCUT2D eigenvalue weighted by molar-refractivity contribution is -0.143. The Morgan fingerprint density at radius 1 is 1.25 bits per heavy atom. The van der Waals surface area contributed by atoms with Crippen molar-refractivity contribution in [2.45, 2.75) is 92.6 Å². The Morgan fingerprint density at radius 2 is 1.90 bits per heavy atom. The van der Waals surface area contributed by atoms with Gasteiger partial charge in [0, 0.05) is 0 Å². The van der Waals surface area contributed by atoms with Crippen LogP contribution in [0.4, 0.5) is 0 Å². The second kappa shape index (κ2) is 7.29. The van der Waals surface area contributed by atoms with E-state index in [0.717, 1.165) is 12.5 Å². The Balaban J connectivity index is 2.76. The van der Waals surface area contributed by atoms with Gasteiger partial charge in [0.1, 0.15) is 0 Å². The number of ether oxygens (including phenoxy) is 1. The molecule has 0 N–H and O–H groups in total. The monoisotopic (exact) mass is 282 g/mol.